The van der Waals surface area contributed by atoms with E-state index in [4.69, 9.17) is 4.74 Å². The standard InChI is InChI=1S/C17H23N3O2/c1-5-22-16-8-6-15(7-9-16)18-17(21)12(2)11-20-14(4)10-13(3)19-20/h6-10,12H,5,11H2,1-4H3,(H,18,21). The Kier molecular flexibility index (Phi) is 5.20. The van der Waals surface area contributed by atoms with Crippen molar-refractivity contribution in [2.75, 3.05) is 11.9 Å². The van der Waals surface area contributed by atoms with Crippen LogP contribution in [-0.4, -0.2) is 22.3 Å². The van der Waals surface area contributed by atoms with Crippen molar-refractivity contribution in [3.63, 3.8) is 0 Å². The van der Waals surface area contributed by atoms with Crippen molar-refractivity contribution < 1.29 is 9.53 Å². The van der Waals surface area contributed by atoms with Crippen LogP contribution in [0.25, 0.3) is 0 Å². The van der Waals surface area contributed by atoms with Gasteiger partial charge in [0.05, 0.1) is 24.8 Å². The van der Waals surface area contributed by atoms with Crippen LogP contribution >= 0.6 is 0 Å². The van der Waals surface area contributed by atoms with Gasteiger partial charge in [0.25, 0.3) is 0 Å². The van der Waals surface area contributed by atoms with E-state index in [1.165, 1.54) is 0 Å². The first-order valence-corrected chi connectivity index (χ1v) is 7.54. The number of rotatable bonds is 6. The van der Waals surface area contributed by atoms with Crippen molar-refractivity contribution in [3.05, 3.63) is 41.7 Å². The zero-order chi connectivity index (χ0) is 16.1. The molecule has 1 heterocycles. The molecular formula is C17H23N3O2. The topological polar surface area (TPSA) is 56.1 Å². The summed E-state index contributed by atoms with van der Waals surface area (Å²) in [5.74, 6) is 0.623. The number of hydrogen-bond acceptors (Lipinski definition) is 3. The Morgan fingerprint density at radius 1 is 1.32 bits per heavy atom. The lowest BCUT2D eigenvalue weighted by Gasteiger charge is -2.14. The third-order valence-electron chi connectivity index (χ3n) is 3.43. The quantitative estimate of drug-likeness (QED) is 0.891. The number of aromatic nitrogens is 2. The highest BCUT2D eigenvalue weighted by atomic mass is 16.5. The van der Waals surface area contributed by atoms with Gasteiger partial charge in [0, 0.05) is 11.4 Å². The maximum absolute atomic E-state index is 12.3. The van der Waals surface area contributed by atoms with Gasteiger partial charge in [-0.2, -0.15) is 5.10 Å². The van der Waals surface area contributed by atoms with E-state index in [-0.39, 0.29) is 11.8 Å². The highest BCUT2D eigenvalue weighted by Crippen LogP contribution is 2.17. The molecular weight excluding hydrogens is 278 g/mol. The van der Waals surface area contributed by atoms with E-state index >= 15 is 0 Å². The minimum atomic E-state index is -0.162. The second-order valence-corrected chi connectivity index (χ2v) is 5.46. The molecule has 5 heteroatoms. The maximum Gasteiger partial charge on any atom is 0.229 e. The van der Waals surface area contributed by atoms with Crippen molar-refractivity contribution in [3.8, 4) is 5.75 Å². The molecule has 1 atom stereocenters. The van der Waals surface area contributed by atoms with E-state index in [2.05, 4.69) is 10.4 Å². The zero-order valence-corrected chi connectivity index (χ0v) is 13.6. The molecule has 1 aromatic carbocycles. The first-order chi connectivity index (χ1) is 10.5. The van der Waals surface area contributed by atoms with Gasteiger partial charge >= 0.3 is 0 Å². The summed E-state index contributed by atoms with van der Waals surface area (Å²) in [5, 5.41) is 7.31. The van der Waals surface area contributed by atoms with Gasteiger partial charge in [-0.3, -0.25) is 9.48 Å². The fraction of sp³-hybridized carbons (Fsp3) is 0.412. The Hall–Kier alpha value is -2.30. The van der Waals surface area contributed by atoms with Crippen LogP contribution in [-0.2, 0) is 11.3 Å². The third-order valence-corrected chi connectivity index (χ3v) is 3.43. The van der Waals surface area contributed by atoms with Gasteiger partial charge in [0.1, 0.15) is 5.75 Å². The van der Waals surface area contributed by atoms with E-state index in [9.17, 15) is 4.79 Å². The highest BCUT2D eigenvalue weighted by molar-refractivity contribution is 5.92. The number of anilines is 1. The molecule has 22 heavy (non-hydrogen) atoms. The summed E-state index contributed by atoms with van der Waals surface area (Å²) in [5.41, 5.74) is 2.81. The molecule has 118 valence electrons. The molecule has 0 saturated carbocycles. The summed E-state index contributed by atoms with van der Waals surface area (Å²) in [6.45, 7) is 9.00. The lowest BCUT2D eigenvalue weighted by atomic mass is 10.1. The molecule has 1 unspecified atom stereocenters. The smallest absolute Gasteiger partial charge is 0.229 e. The lowest BCUT2D eigenvalue weighted by Crippen LogP contribution is -2.25. The normalized spacial score (nSPS) is 12.0. The van der Waals surface area contributed by atoms with Gasteiger partial charge in [0.2, 0.25) is 5.91 Å². The molecule has 1 aromatic heterocycles. The second-order valence-electron chi connectivity index (χ2n) is 5.46. The number of nitrogens with one attached hydrogen (secondary N) is 1. The van der Waals surface area contributed by atoms with Crippen LogP contribution in [0.15, 0.2) is 30.3 Å². The van der Waals surface area contributed by atoms with Gasteiger partial charge in [-0.25, -0.2) is 0 Å². The van der Waals surface area contributed by atoms with Crippen LogP contribution in [0.3, 0.4) is 0 Å². The van der Waals surface area contributed by atoms with Gasteiger partial charge < -0.3 is 10.1 Å². The van der Waals surface area contributed by atoms with Crippen LogP contribution in [0.2, 0.25) is 0 Å². The van der Waals surface area contributed by atoms with E-state index < -0.39 is 0 Å². The molecule has 0 aliphatic heterocycles. The molecule has 0 spiro atoms. The van der Waals surface area contributed by atoms with E-state index in [1.807, 2.05) is 62.7 Å². The number of carbonyl (C=O) groups excluding carboxylic acids is 1. The van der Waals surface area contributed by atoms with Crippen LogP contribution in [0, 0.1) is 19.8 Å². The van der Waals surface area contributed by atoms with Crippen LogP contribution < -0.4 is 10.1 Å². The van der Waals surface area contributed by atoms with Crippen LogP contribution in [0.1, 0.15) is 25.2 Å². The second kappa shape index (κ2) is 7.11. The van der Waals surface area contributed by atoms with Crippen molar-refractivity contribution in [2.24, 2.45) is 5.92 Å². The number of hydrogen-bond donors (Lipinski definition) is 1. The van der Waals surface area contributed by atoms with E-state index in [0.29, 0.717) is 13.2 Å². The Morgan fingerprint density at radius 2 is 2.00 bits per heavy atom. The summed E-state index contributed by atoms with van der Waals surface area (Å²) >= 11 is 0. The van der Waals surface area contributed by atoms with Crippen molar-refractivity contribution in [1.29, 1.82) is 0 Å². The van der Waals surface area contributed by atoms with Gasteiger partial charge in [0.15, 0.2) is 0 Å². The average molecular weight is 301 g/mol. The molecule has 5 nitrogen and oxygen atoms in total. The highest BCUT2D eigenvalue weighted by Gasteiger charge is 2.15. The fourth-order valence-corrected chi connectivity index (χ4v) is 2.27. The van der Waals surface area contributed by atoms with E-state index in [1.54, 1.807) is 0 Å². The first kappa shape index (κ1) is 16.1. The Labute approximate surface area is 131 Å². The number of amides is 1. The van der Waals surface area contributed by atoms with Gasteiger partial charge in [-0.05, 0) is 51.1 Å². The van der Waals surface area contributed by atoms with Gasteiger partial charge in [-0.15, -0.1) is 0 Å². The first-order valence-electron chi connectivity index (χ1n) is 7.54. The summed E-state index contributed by atoms with van der Waals surface area (Å²) < 4.78 is 7.26. The molecule has 2 rings (SSSR count). The molecule has 0 radical (unpaired) electrons. The summed E-state index contributed by atoms with van der Waals surface area (Å²) in [6, 6.07) is 9.41. The molecule has 0 aliphatic carbocycles. The third kappa shape index (κ3) is 4.10. The van der Waals surface area contributed by atoms with Crippen molar-refractivity contribution in [2.45, 2.75) is 34.2 Å². The SMILES string of the molecule is CCOc1ccc(NC(=O)C(C)Cn2nc(C)cc2C)cc1. The minimum Gasteiger partial charge on any atom is -0.494 e. The minimum absolute atomic E-state index is 0.0169. The summed E-state index contributed by atoms with van der Waals surface area (Å²) in [7, 11) is 0. The number of benzene rings is 1. The predicted molar refractivity (Wildman–Crippen MR) is 87.1 cm³/mol. The Morgan fingerprint density at radius 3 is 2.55 bits per heavy atom. The Balaban J connectivity index is 1.94. The predicted octanol–water partition coefficient (Wildman–Crippen LogP) is 3.17. The summed E-state index contributed by atoms with van der Waals surface area (Å²) in [4.78, 5) is 12.3. The van der Waals surface area contributed by atoms with Crippen molar-refractivity contribution >= 4 is 11.6 Å². The lowest BCUT2D eigenvalue weighted by molar-refractivity contribution is -0.119. The molecule has 0 saturated heterocycles. The average Bonchev–Trinajstić information content (AvgIpc) is 2.79. The molecule has 0 fully saturated rings. The molecule has 2 aromatic rings. The fourth-order valence-electron chi connectivity index (χ4n) is 2.27. The molecule has 0 aliphatic rings. The summed E-state index contributed by atoms with van der Waals surface area (Å²) in [6.07, 6.45) is 0. The number of aryl methyl sites for hydroxylation is 2. The number of carbonyl (C=O) groups is 1. The largest absolute Gasteiger partial charge is 0.494 e. The van der Waals surface area contributed by atoms with E-state index in [0.717, 1.165) is 22.8 Å². The molecule has 1 N–H and O–H groups in total. The monoisotopic (exact) mass is 301 g/mol. The van der Waals surface area contributed by atoms with Crippen LogP contribution in [0.4, 0.5) is 5.69 Å². The number of ether oxygens (including phenoxy) is 1. The Bertz CT molecular complexity index is 632. The number of nitrogens with zero attached hydrogens (tertiary/aromatic N) is 2. The molecule has 1 amide bonds. The maximum atomic E-state index is 12.3. The zero-order valence-electron chi connectivity index (χ0n) is 13.6. The molecule has 0 bridgehead atoms. The van der Waals surface area contributed by atoms with Crippen LogP contribution in [0.5, 0.6) is 5.75 Å². The van der Waals surface area contributed by atoms with Crippen molar-refractivity contribution in [1.82, 2.24) is 9.78 Å². The van der Waals surface area contributed by atoms with Gasteiger partial charge in [-0.1, -0.05) is 6.92 Å².